The number of hydrogen-bond donors (Lipinski definition) is 0. The van der Waals surface area contributed by atoms with Crippen molar-refractivity contribution in [3.8, 4) is 11.4 Å². The van der Waals surface area contributed by atoms with Gasteiger partial charge in [0.25, 0.3) is 0 Å². The second-order valence-corrected chi connectivity index (χ2v) is 8.69. The summed E-state index contributed by atoms with van der Waals surface area (Å²) in [6.45, 7) is 5.72. The molecule has 0 aliphatic carbocycles. The average molecular weight is 436 g/mol. The number of ether oxygens (including phenoxy) is 1. The van der Waals surface area contributed by atoms with Crippen LogP contribution < -0.4 is 0 Å². The number of furan rings is 1. The lowest BCUT2D eigenvalue weighted by Crippen LogP contribution is -2.57. The van der Waals surface area contributed by atoms with Crippen LogP contribution >= 0.6 is 0 Å². The van der Waals surface area contributed by atoms with Crippen LogP contribution in [0, 0.1) is 0 Å². The molecule has 168 valence electrons. The number of hydrogen-bond acceptors (Lipinski definition) is 6. The molecule has 1 saturated heterocycles. The molecule has 5 rings (SSSR count). The van der Waals surface area contributed by atoms with Crippen LogP contribution in [0.5, 0.6) is 0 Å². The molecule has 4 heterocycles. The van der Waals surface area contributed by atoms with Gasteiger partial charge in [-0.2, -0.15) is 0 Å². The molecule has 2 aliphatic heterocycles. The normalized spacial score (nSPS) is 18.0. The quantitative estimate of drug-likeness (QED) is 0.622. The van der Waals surface area contributed by atoms with Crippen molar-refractivity contribution >= 4 is 6.09 Å². The van der Waals surface area contributed by atoms with Crippen LogP contribution in [-0.4, -0.2) is 57.4 Å². The van der Waals surface area contributed by atoms with Crippen molar-refractivity contribution in [2.24, 2.45) is 0 Å². The van der Waals surface area contributed by atoms with E-state index < -0.39 is 0 Å². The van der Waals surface area contributed by atoms with E-state index in [9.17, 15) is 4.79 Å². The summed E-state index contributed by atoms with van der Waals surface area (Å²) in [7, 11) is 1.43. The van der Waals surface area contributed by atoms with Crippen LogP contribution in [0.3, 0.4) is 0 Å². The third kappa shape index (κ3) is 3.68. The lowest BCUT2D eigenvalue weighted by atomic mass is 9.84. The molecular weight excluding hydrogens is 406 g/mol. The number of amides is 1. The maximum Gasteiger partial charge on any atom is 0.409 e. The number of carbonyl (C=O) groups is 1. The summed E-state index contributed by atoms with van der Waals surface area (Å²) in [5.41, 5.74) is 0.785. The first-order valence-electron chi connectivity index (χ1n) is 11.2. The minimum absolute atomic E-state index is 0.259. The summed E-state index contributed by atoms with van der Waals surface area (Å²) in [6, 6.07) is 14.3. The summed E-state index contributed by atoms with van der Waals surface area (Å²) in [6.07, 6.45) is 2.38. The molecule has 3 aromatic rings. The van der Waals surface area contributed by atoms with E-state index in [0.29, 0.717) is 13.1 Å². The zero-order chi connectivity index (χ0) is 22.1. The zero-order valence-corrected chi connectivity index (χ0v) is 18.7. The number of methoxy groups -OCH3 is 1. The molecule has 0 radical (unpaired) electrons. The Labute approximate surface area is 187 Å². The molecule has 8 nitrogen and oxygen atoms in total. The molecule has 1 aromatic carbocycles. The summed E-state index contributed by atoms with van der Waals surface area (Å²) in [4.78, 5) is 16.6. The van der Waals surface area contributed by atoms with Crippen LogP contribution in [0.4, 0.5) is 4.79 Å². The highest BCUT2D eigenvalue weighted by atomic mass is 16.5. The number of nitrogens with zero attached hydrogens (tertiary/aromatic N) is 5. The molecule has 0 atom stereocenters. The number of fused-ring (bicyclic) bond motifs is 2. The Bertz CT molecular complexity index is 1080. The van der Waals surface area contributed by atoms with Gasteiger partial charge in [0.2, 0.25) is 0 Å². The standard InChI is InChI=1S/C24H29N5O3/c1-3-19-9-10-20(32-19)15-27-13-11-24(12-14-27)17-28(23(30)31-2)16-21-25-26-22(29(21)24)18-7-5-4-6-8-18/h4-10H,3,11-17H2,1-2H3. The first-order chi connectivity index (χ1) is 15.6. The predicted molar refractivity (Wildman–Crippen MR) is 119 cm³/mol. The Morgan fingerprint density at radius 3 is 2.53 bits per heavy atom. The zero-order valence-electron chi connectivity index (χ0n) is 18.7. The smallest absolute Gasteiger partial charge is 0.409 e. The maximum absolute atomic E-state index is 12.4. The highest BCUT2D eigenvalue weighted by Crippen LogP contribution is 2.39. The van der Waals surface area contributed by atoms with Crippen molar-refractivity contribution < 1.29 is 13.9 Å². The Kier molecular flexibility index (Phi) is 5.46. The predicted octanol–water partition coefficient (Wildman–Crippen LogP) is 3.67. The van der Waals surface area contributed by atoms with Gasteiger partial charge in [0.15, 0.2) is 11.6 Å². The molecule has 0 bridgehead atoms. The highest BCUT2D eigenvalue weighted by molar-refractivity contribution is 5.68. The monoisotopic (exact) mass is 435 g/mol. The van der Waals surface area contributed by atoms with Gasteiger partial charge in [-0.25, -0.2) is 4.79 Å². The summed E-state index contributed by atoms with van der Waals surface area (Å²) >= 11 is 0. The second kappa shape index (κ2) is 8.43. The third-order valence-corrected chi connectivity index (χ3v) is 6.72. The summed E-state index contributed by atoms with van der Waals surface area (Å²) < 4.78 is 13.3. The van der Waals surface area contributed by atoms with E-state index in [0.717, 1.165) is 67.6 Å². The Balaban J connectivity index is 1.43. The molecule has 1 fully saturated rings. The molecule has 1 amide bonds. The number of rotatable bonds is 4. The first-order valence-corrected chi connectivity index (χ1v) is 11.2. The molecule has 0 saturated carbocycles. The SMILES string of the molecule is CCc1ccc(CN2CCC3(CC2)CN(C(=O)OC)Cc2nnc(-c4ccccc4)n23)o1. The van der Waals surface area contributed by atoms with Gasteiger partial charge in [-0.1, -0.05) is 37.3 Å². The number of carbonyl (C=O) groups excluding carboxylic acids is 1. The molecule has 32 heavy (non-hydrogen) atoms. The molecule has 0 unspecified atom stereocenters. The number of likely N-dealkylation sites (tertiary alicyclic amines) is 1. The molecular formula is C24H29N5O3. The number of aryl methyl sites for hydroxylation is 1. The van der Waals surface area contributed by atoms with Gasteiger partial charge in [0.1, 0.15) is 11.5 Å². The fraction of sp³-hybridized carbons (Fsp3) is 0.458. The van der Waals surface area contributed by atoms with Crippen LogP contribution in [-0.2, 0) is 29.8 Å². The summed E-state index contributed by atoms with van der Waals surface area (Å²) in [5.74, 6) is 3.72. The topological polar surface area (TPSA) is 76.6 Å². The van der Waals surface area contributed by atoms with E-state index >= 15 is 0 Å². The van der Waals surface area contributed by atoms with Gasteiger partial charge in [-0.05, 0) is 25.0 Å². The van der Waals surface area contributed by atoms with Gasteiger partial charge in [0, 0.05) is 31.6 Å². The van der Waals surface area contributed by atoms with Crippen molar-refractivity contribution in [1.29, 1.82) is 0 Å². The minimum atomic E-state index is -0.315. The van der Waals surface area contributed by atoms with Crippen molar-refractivity contribution in [2.45, 2.75) is 44.8 Å². The van der Waals surface area contributed by atoms with E-state index in [1.165, 1.54) is 7.11 Å². The van der Waals surface area contributed by atoms with Gasteiger partial charge < -0.3 is 13.7 Å². The van der Waals surface area contributed by atoms with Crippen molar-refractivity contribution in [2.75, 3.05) is 26.7 Å². The van der Waals surface area contributed by atoms with Gasteiger partial charge >= 0.3 is 6.09 Å². The lowest BCUT2D eigenvalue weighted by molar-refractivity contribution is 0.0326. The fourth-order valence-corrected chi connectivity index (χ4v) is 5.03. The Hall–Kier alpha value is -3.13. The Morgan fingerprint density at radius 2 is 1.84 bits per heavy atom. The van der Waals surface area contributed by atoms with E-state index in [1.807, 2.05) is 18.2 Å². The van der Waals surface area contributed by atoms with E-state index in [4.69, 9.17) is 9.15 Å². The van der Waals surface area contributed by atoms with Crippen LogP contribution in [0.1, 0.15) is 37.1 Å². The second-order valence-electron chi connectivity index (χ2n) is 8.69. The average Bonchev–Trinajstić information content (AvgIpc) is 3.48. The molecule has 2 aliphatic rings. The molecule has 0 N–H and O–H groups in total. The van der Waals surface area contributed by atoms with E-state index in [2.05, 4.69) is 50.9 Å². The number of piperidine rings is 1. The van der Waals surface area contributed by atoms with Gasteiger partial charge in [-0.15, -0.1) is 10.2 Å². The van der Waals surface area contributed by atoms with Crippen LogP contribution in [0.25, 0.3) is 11.4 Å². The minimum Gasteiger partial charge on any atom is -0.465 e. The maximum atomic E-state index is 12.4. The fourth-order valence-electron chi connectivity index (χ4n) is 5.03. The highest BCUT2D eigenvalue weighted by Gasteiger charge is 2.45. The lowest BCUT2D eigenvalue weighted by Gasteiger charge is -2.48. The molecule has 2 aromatic heterocycles. The largest absolute Gasteiger partial charge is 0.465 e. The van der Waals surface area contributed by atoms with Gasteiger partial charge in [-0.3, -0.25) is 9.80 Å². The van der Waals surface area contributed by atoms with E-state index in [-0.39, 0.29) is 11.6 Å². The van der Waals surface area contributed by atoms with Crippen LogP contribution in [0.2, 0.25) is 0 Å². The van der Waals surface area contributed by atoms with Gasteiger partial charge in [0.05, 0.1) is 25.7 Å². The van der Waals surface area contributed by atoms with Crippen molar-refractivity contribution in [3.05, 3.63) is 59.8 Å². The first kappa shape index (κ1) is 20.8. The van der Waals surface area contributed by atoms with E-state index in [1.54, 1.807) is 4.90 Å². The number of aromatic nitrogens is 3. The molecule has 1 spiro atoms. The van der Waals surface area contributed by atoms with Crippen molar-refractivity contribution in [3.63, 3.8) is 0 Å². The number of benzene rings is 1. The summed E-state index contributed by atoms with van der Waals surface area (Å²) in [5, 5.41) is 9.03. The Morgan fingerprint density at radius 1 is 1.09 bits per heavy atom. The van der Waals surface area contributed by atoms with Crippen molar-refractivity contribution in [1.82, 2.24) is 24.6 Å². The molecule has 8 heteroatoms. The van der Waals surface area contributed by atoms with Crippen LogP contribution in [0.15, 0.2) is 46.9 Å². The third-order valence-electron chi connectivity index (χ3n) is 6.72.